The lowest BCUT2D eigenvalue weighted by Crippen LogP contribution is -2.14. The maximum absolute atomic E-state index is 3.64. The Kier molecular flexibility index (Phi) is 3.47. The Morgan fingerprint density at radius 3 is 2.59 bits per heavy atom. The Hall–Kier alpha value is -2.06. The van der Waals surface area contributed by atoms with E-state index in [9.17, 15) is 0 Å². The van der Waals surface area contributed by atoms with Gasteiger partial charge >= 0.3 is 0 Å². The topological polar surface area (TPSA) is 17.0 Å². The van der Waals surface area contributed by atoms with Gasteiger partial charge in [0, 0.05) is 36.2 Å². The molecule has 1 aromatic heterocycles. The summed E-state index contributed by atoms with van der Waals surface area (Å²) < 4.78 is 2.38. The zero-order valence-electron chi connectivity index (χ0n) is 13.0. The number of aromatic nitrogens is 1. The summed E-state index contributed by atoms with van der Waals surface area (Å²) in [5.41, 5.74) is 5.41. The van der Waals surface area contributed by atoms with E-state index in [1.165, 1.54) is 40.4 Å². The lowest BCUT2D eigenvalue weighted by molar-refractivity contribution is 0.687. The monoisotopic (exact) mass is 290 g/mol. The minimum Gasteiger partial charge on any atom is -0.343 e. The quantitative estimate of drug-likeness (QED) is 0.743. The Morgan fingerprint density at radius 2 is 1.82 bits per heavy atom. The van der Waals surface area contributed by atoms with Crippen molar-refractivity contribution < 1.29 is 0 Å². The summed E-state index contributed by atoms with van der Waals surface area (Å²) in [6.07, 6.45) is 4.99. The second kappa shape index (κ2) is 5.62. The van der Waals surface area contributed by atoms with E-state index in [4.69, 9.17) is 0 Å². The molecule has 0 amide bonds. The Balaban J connectivity index is 1.65. The Morgan fingerprint density at radius 1 is 1.05 bits per heavy atom. The van der Waals surface area contributed by atoms with Gasteiger partial charge < -0.3 is 9.88 Å². The summed E-state index contributed by atoms with van der Waals surface area (Å²) in [7, 11) is 0. The molecule has 0 spiro atoms. The van der Waals surface area contributed by atoms with E-state index < -0.39 is 0 Å². The van der Waals surface area contributed by atoms with Crippen LogP contribution in [0.5, 0.6) is 0 Å². The molecule has 3 aromatic rings. The second-order valence-corrected chi connectivity index (χ2v) is 6.44. The lowest BCUT2D eigenvalue weighted by atomic mass is 10.1. The number of hydrogen-bond donors (Lipinski definition) is 1. The van der Waals surface area contributed by atoms with Crippen LogP contribution in [0.1, 0.15) is 29.5 Å². The van der Waals surface area contributed by atoms with Gasteiger partial charge in [0.2, 0.25) is 0 Å². The number of nitrogens with zero attached hydrogens (tertiary/aromatic N) is 1. The summed E-state index contributed by atoms with van der Waals surface area (Å²) in [6.45, 7) is 4.05. The lowest BCUT2D eigenvalue weighted by Gasteiger charge is -2.06. The molecule has 2 nitrogen and oxygen atoms in total. The molecule has 1 saturated carbocycles. The first-order chi connectivity index (χ1) is 10.8. The maximum atomic E-state index is 3.64. The average molecular weight is 290 g/mol. The van der Waals surface area contributed by atoms with Crippen molar-refractivity contribution >= 4 is 10.9 Å². The van der Waals surface area contributed by atoms with E-state index >= 15 is 0 Å². The number of fused-ring (bicyclic) bond motifs is 1. The number of aryl methyl sites for hydroxylation is 1. The minimum atomic E-state index is 0.749. The molecule has 4 rings (SSSR count). The Labute approximate surface area is 131 Å². The molecule has 22 heavy (non-hydrogen) atoms. The summed E-state index contributed by atoms with van der Waals surface area (Å²) in [4.78, 5) is 0. The molecule has 0 radical (unpaired) electrons. The van der Waals surface area contributed by atoms with Crippen molar-refractivity contribution in [3.8, 4) is 0 Å². The largest absolute Gasteiger partial charge is 0.343 e. The van der Waals surface area contributed by atoms with Gasteiger partial charge in [-0.25, -0.2) is 0 Å². The highest BCUT2D eigenvalue weighted by atomic mass is 15.0. The standard InChI is InChI=1S/C20H22N2/c1-15-6-8-16(9-7-15)13-22-14-17(12-21-18-10-11-18)19-4-2-3-5-20(19)22/h2-9,14,18,21H,10-13H2,1H3. The molecule has 112 valence electrons. The Bertz CT molecular complexity index is 779. The van der Waals surface area contributed by atoms with Crippen LogP contribution in [0.3, 0.4) is 0 Å². The molecule has 0 unspecified atom stereocenters. The summed E-state index contributed by atoms with van der Waals surface area (Å²) in [5, 5.41) is 5.01. The first-order valence-electron chi connectivity index (χ1n) is 8.15. The van der Waals surface area contributed by atoms with Crippen molar-refractivity contribution in [3.05, 3.63) is 71.4 Å². The molecule has 0 bridgehead atoms. The van der Waals surface area contributed by atoms with Gasteiger partial charge in [-0.05, 0) is 37.0 Å². The fourth-order valence-corrected chi connectivity index (χ4v) is 3.03. The first-order valence-corrected chi connectivity index (χ1v) is 8.15. The van der Waals surface area contributed by atoms with Crippen LogP contribution in [-0.4, -0.2) is 10.6 Å². The van der Waals surface area contributed by atoms with Crippen molar-refractivity contribution in [1.82, 2.24) is 9.88 Å². The molecule has 0 aliphatic heterocycles. The molecular formula is C20H22N2. The normalized spacial score (nSPS) is 14.6. The predicted molar refractivity (Wildman–Crippen MR) is 92.1 cm³/mol. The highest BCUT2D eigenvalue weighted by Gasteiger charge is 2.20. The number of rotatable bonds is 5. The summed E-state index contributed by atoms with van der Waals surface area (Å²) >= 11 is 0. The van der Waals surface area contributed by atoms with Crippen molar-refractivity contribution in [2.45, 2.75) is 38.9 Å². The third kappa shape index (κ3) is 2.79. The van der Waals surface area contributed by atoms with Crippen LogP contribution in [0.25, 0.3) is 10.9 Å². The molecule has 0 saturated heterocycles. The van der Waals surface area contributed by atoms with Crippen molar-refractivity contribution in [2.75, 3.05) is 0 Å². The van der Waals surface area contributed by atoms with Crippen LogP contribution in [0, 0.1) is 6.92 Å². The van der Waals surface area contributed by atoms with E-state index in [1.54, 1.807) is 0 Å². The highest BCUT2D eigenvalue weighted by molar-refractivity contribution is 5.84. The van der Waals surface area contributed by atoms with Gasteiger partial charge in [-0.3, -0.25) is 0 Å². The van der Waals surface area contributed by atoms with Gasteiger partial charge in [-0.15, -0.1) is 0 Å². The van der Waals surface area contributed by atoms with Gasteiger partial charge in [0.25, 0.3) is 0 Å². The van der Waals surface area contributed by atoms with Gasteiger partial charge in [-0.2, -0.15) is 0 Å². The van der Waals surface area contributed by atoms with Crippen LogP contribution in [0.2, 0.25) is 0 Å². The van der Waals surface area contributed by atoms with Gasteiger partial charge in [0.05, 0.1) is 0 Å². The van der Waals surface area contributed by atoms with E-state index in [0.717, 1.165) is 19.1 Å². The van der Waals surface area contributed by atoms with Crippen LogP contribution in [0.15, 0.2) is 54.7 Å². The molecule has 1 fully saturated rings. The zero-order valence-corrected chi connectivity index (χ0v) is 13.0. The number of nitrogens with one attached hydrogen (secondary N) is 1. The van der Waals surface area contributed by atoms with Crippen LogP contribution >= 0.6 is 0 Å². The van der Waals surface area contributed by atoms with Crippen LogP contribution in [0.4, 0.5) is 0 Å². The fraction of sp³-hybridized carbons (Fsp3) is 0.300. The molecule has 1 aliphatic rings. The number of benzene rings is 2. The van der Waals surface area contributed by atoms with E-state index in [2.05, 4.69) is 71.5 Å². The second-order valence-electron chi connectivity index (χ2n) is 6.44. The van der Waals surface area contributed by atoms with E-state index in [-0.39, 0.29) is 0 Å². The van der Waals surface area contributed by atoms with Gasteiger partial charge in [0.15, 0.2) is 0 Å². The van der Waals surface area contributed by atoms with E-state index in [1.807, 2.05) is 0 Å². The van der Waals surface area contributed by atoms with Gasteiger partial charge in [0.1, 0.15) is 0 Å². The zero-order chi connectivity index (χ0) is 14.9. The molecule has 1 N–H and O–H groups in total. The number of para-hydroxylation sites is 1. The third-order valence-electron chi connectivity index (χ3n) is 4.50. The maximum Gasteiger partial charge on any atom is 0.0486 e. The summed E-state index contributed by atoms with van der Waals surface area (Å²) in [6, 6.07) is 18.3. The first kappa shape index (κ1) is 13.6. The molecule has 0 atom stereocenters. The molecular weight excluding hydrogens is 268 g/mol. The minimum absolute atomic E-state index is 0.749. The molecule has 1 heterocycles. The van der Waals surface area contributed by atoms with Crippen molar-refractivity contribution in [1.29, 1.82) is 0 Å². The fourth-order valence-electron chi connectivity index (χ4n) is 3.03. The number of hydrogen-bond acceptors (Lipinski definition) is 1. The predicted octanol–water partition coefficient (Wildman–Crippen LogP) is 4.25. The smallest absolute Gasteiger partial charge is 0.0486 e. The molecule has 1 aliphatic carbocycles. The van der Waals surface area contributed by atoms with Crippen molar-refractivity contribution in [3.63, 3.8) is 0 Å². The van der Waals surface area contributed by atoms with Crippen LogP contribution < -0.4 is 5.32 Å². The van der Waals surface area contributed by atoms with E-state index in [0.29, 0.717) is 0 Å². The van der Waals surface area contributed by atoms with Crippen LogP contribution in [-0.2, 0) is 13.1 Å². The molecule has 2 heteroatoms. The third-order valence-corrected chi connectivity index (χ3v) is 4.50. The van der Waals surface area contributed by atoms with Crippen molar-refractivity contribution in [2.24, 2.45) is 0 Å². The van der Waals surface area contributed by atoms with Gasteiger partial charge in [-0.1, -0.05) is 48.0 Å². The molecule has 2 aromatic carbocycles. The summed E-state index contributed by atoms with van der Waals surface area (Å²) in [5.74, 6) is 0. The average Bonchev–Trinajstić information content (AvgIpc) is 3.31. The highest BCUT2D eigenvalue weighted by Crippen LogP contribution is 2.24. The SMILES string of the molecule is Cc1ccc(Cn2cc(CNC3CC3)c3ccccc32)cc1.